The molecule has 0 aliphatic rings. The fraction of sp³-hybridized carbons (Fsp3) is 0.0667. The number of rotatable bonds is 3. The molecule has 0 aliphatic carbocycles. The van der Waals surface area contributed by atoms with Gasteiger partial charge in [0.25, 0.3) is 0 Å². The lowest BCUT2D eigenvalue weighted by atomic mass is 9.92. The van der Waals surface area contributed by atoms with Gasteiger partial charge in [-0.3, -0.25) is 4.79 Å². The predicted molar refractivity (Wildman–Crippen MR) is 93.7 cm³/mol. The van der Waals surface area contributed by atoms with E-state index in [0.717, 1.165) is 8.04 Å². The number of carbonyl (C=O) groups is 1. The molecular weight excluding hydrogens is 497 g/mol. The first-order valence-corrected chi connectivity index (χ1v) is 8.34. The lowest BCUT2D eigenvalue weighted by Gasteiger charge is -2.12. The molecule has 0 saturated carbocycles. The van der Waals surface area contributed by atoms with E-state index >= 15 is 0 Å². The molecule has 0 amide bonds. The minimum atomic E-state index is -0.819. The van der Waals surface area contributed by atoms with Crippen molar-refractivity contribution < 1.29 is 4.79 Å². The Morgan fingerprint density at radius 1 is 1.15 bits per heavy atom. The van der Waals surface area contributed by atoms with E-state index < -0.39 is 5.92 Å². The van der Waals surface area contributed by atoms with Crippen LogP contribution in [0.25, 0.3) is 0 Å². The number of hydrogen-bond acceptors (Lipinski definition) is 2. The molecule has 1 unspecified atom stereocenters. The van der Waals surface area contributed by atoms with Crippen molar-refractivity contribution >= 4 is 60.2 Å². The maximum atomic E-state index is 12.6. The molecule has 0 bridgehead atoms. The Labute approximate surface area is 147 Å². The summed E-state index contributed by atoms with van der Waals surface area (Å²) in [5.41, 5.74) is 1.21. The molecule has 2 rings (SSSR count). The highest BCUT2D eigenvalue weighted by Gasteiger charge is 2.25. The molecule has 0 radical (unpaired) electrons. The Morgan fingerprint density at radius 3 is 2.50 bits per heavy atom. The second-order valence-corrected chi connectivity index (χ2v) is 7.03. The molecule has 0 saturated heterocycles. The van der Waals surface area contributed by atoms with Gasteiger partial charge in [0.2, 0.25) is 0 Å². The molecule has 0 aromatic heterocycles. The van der Waals surface area contributed by atoms with Crippen molar-refractivity contribution in [1.29, 1.82) is 5.26 Å². The highest BCUT2D eigenvalue weighted by Crippen LogP contribution is 2.30. The summed E-state index contributed by atoms with van der Waals surface area (Å²) in [6.07, 6.45) is 0. The van der Waals surface area contributed by atoms with E-state index in [9.17, 15) is 10.1 Å². The molecule has 0 fully saturated rings. The first-order valence-electron chi connectivity index (χ1n) is 5.68. The van der Waals surface area contributed by atoms with Crippen LogP contribution in [0.2, 0.25) is 0 Å². The van der Waals surface area contributed by atoms with Crippen LogP contribution in [0.4, 0.5) is 0 Å². The minimum Gasteiger partial charge on any atom is -0.292 e. The number of nitrogens with zero attached hydrogens (tertiary/aromatic N) is 1. The van der Waals surface area contributed by atoms with E-state index in [-0.39, 0.29) is 5.78 Å². The molecule has 0 aliphatic heterocycles. The Hall–Kier alpha value is -0.710. The van der Waals surface area contributed by atoms with E-state index in [2.05, 4.69) is 60.5 Å². The Balaban J connectivity index is 2.48. The summed E-state index contributed by atoms with van der Waals surface area (Å²) in [6, 6.07) is 14.9. The third-order valence-corrected chi connectivity index (χ3v) is 4.89. The van der Waals surface area contributed by atoms with Crippen molar-refractivity contribution in [1.82, 2.24) is 0 Å². The van der Waals surface area contributed by atoms with Gasteiger partial charge >= 0.3 is 0 Å². The van der Waals surface area contributed by atoms with E-state index in [1.165, 1.54) is 0 Å². The highest BCUT2D eigenvalue weighted by atomic mass is 127. The zero-order chi connectivity index (χ0) is 14.7. The Morgan fingerprint density at radius 2 is 1.85 bits per heavy atom. The third-order valence-electron chi connectivity index (χ3n) is 2.80. The molecule has 5 heteroatoms. The van der Waals surface area contributed by atoms with Crippen molar-refractivity contribution in [2.24, 2.45) is 0 Å². The highest BCUT2D eigenvalue weighted by molar-refractivity contribution is 14.1. The Bertz CT molecular complexity index is 709. The van der Waals surface area contributed by atoms with Gasteiger partial charge in [-0.15, -0.1) is 0 Å². The lowest BCUT2D eigenvalue weighted by molar-refractivity contribution is 0.0978. The predicted octanol–water partition coefficient (Wildman–Crippen LogP) is 5.31. The summed E-state index contributed by atoms with van der Waals surface area (Å²) in [5, 5.41) is 9.39. The number of benzene rings is 2. The molecule has 0 N–H and O–H groups in total. The van der Waals surface area contributed by atoms with Crippen LogP contribution in [-0.4, -0.2) is 5.78 Å². The van der Waals surface area contributed by atoms with Crippen molar-refractivity contribution in [3.8, 4) is 6.07 Å². The van der Waals surface area contributed by atoms with Gasteiger partial charge in [-0.1, -0.05) is 50.1 Å². The molecule has 100 valence electrons. The van der Waals surface area contributed by atoms with Gasteiger partial charge in [-0.05, 0) is 52.4 Å². The van der Waals surface area contributed by atoms with E-state index in [1.54, 1.807) is 12.1 Å². The van der Waals surface area contributed by atoms with Crippen LogP contribution in [0, 0.1) is 14.9 Å². The van der Waals surface area contributed by atoms with Crippen LogP contribution < -0.4 is 0 Å². The van der Waals surface area contributed by atoms with Gasteiger partial charge < -0.3 is 0 Å². The maximum Gasteiger partial charge on any atom is 0.185 e. The fourth-order valence-corrected chi connectivity index (χ4v) is 3.27. The number of halogens is 3. The standard InChI is InChI=1S/C15H8Br2INO/c16-13-4-2-1-3-10(13)12(8-19)15(20)11-7-9(18)5-6-14(11)17/h1-7,12H. The zero-order valence-corrected chi connectivity index (χ0v) is 15.4. The number of nitriles is 1. The summed E-state index contributed by atoms with van der Waals surface area (Å²) in [4.78, 5) is 12.6. The van der Waals surface area contributed by atoms with Crippen LogP contribution in [0.1, 0.15) is 21.8 Å². The molecule has 2 aromatic carbocycles. The van der Waals surface area contributed by atoms with Gasteiger partial charge in [0, 0.05) is 18.1 Å². The second kappa shape index (κ2) is 6.83. The SMILES string of the molecule is N#CC(C(=O)c1cc(I)ccc1Br)c1ccccc1Br. The average Bonchev–Trinajstić information content (AvgIpc) is 2.44. The number of hydrogen-bond donors (Lipinski definition) is 0. The van der Waals surface area contributed by atoms with Gasteiger partial charge in [0.15, 0.2) is 5.78 Å². The fourth-order valence-electron chi connectivity index (χ4n) is 1.82. The van der Waals surface area contributed by atoms with Crippen LogP contribution in [-0.2, 0) is 0 Å². The van der Waals surface area contributed by atoms with E-state index in [1.807, 2.05) is 30.3 Å². The molecule has 0 spiro atoms. The number of Topliss-reactive ketones (excluding diaryl/α,β-unsaturated/α-hetero) is 1. The monoisotopic (exact) mass is 503 g/mol. The molecule has 20 heavy (non-hydrogen) atoms. The summed E-state index contributed by atoms with van der Waals surface area (Å²) in [5.74, 6) is -1.02. The summed E-state index contributed by atoms with van der Waals surface area (Å²) < 4.78 is 2.43. The number of ketones is 1. The van der Waals surface area contributed by atoms with Crippen LogP contribution >= 0.6 is 54.5 Å². The van der Waals surface area contributed by atoms with Gasteiger partial charge in [-0.2, -0.15) is 5.26 Å². The van der Waals surface area contributed by atoms with Gasteiger partial charge in [0.05, 0.1) is 6.07 Å². The van der Waals surface area contributed by atoms with Crippen LogP contribution in [0.3, 0.4) is 0 Å². The van der Waals surface area contributed by atoms with Gasteiger partial charge in [-0.25, -0.2) is 0 Å². The Kier molecular flexibility index (Phi) is 5.35. The molecule has 2 aromatic rings. The average molecular weight is 505 g/mol. The van der Waals surface area contributed by atoms with Gasteiger partial charge in [0.1, 0.15) is 5.92 Å². The summed E-state index contributed by atoms with van der Waals surface area (Å²) >= 11 is 8.92. The summed E-state index contributed by atoms with van der Waals surface area (Å²) in [7, 11) is 0. The first-order chi connectivity index (χ1) is 9.54. The zero-order valence-electron chi connectivity index (χ0n) is 10.1. The molecule has 0 heterocycles. The van der Waals surface area contributed by atoms with Crippen molar-refractivity contribution in [2.45, 2.75) is 5.92 Å². The van der Waals surface area contributed by atoms with Crippen molar-refractivity contribution in [3.05, 3.63) is 66.1 Å². The minimum absolute atomic E-state index is 0.204. The molecule has 2 nitrogen and oxygen atoms in total. The third kappa shape index (κ3) is 3.30. The normalized spacial score (nSPS) is 11.7. The van der Waals surface area contributed by atoms with E-state index in [0.29, 0.717) is 15.6 Å². The molecular formula is C15H8Br2INO. The van der Waals surface area contributed by atoms with E-state index in [4.69, 9.17) is 0 Å². The van der Waals surface area contributed by atoms with Crippen LogP contribution in [0.15, 0.2) is 51.4 Å². The van der Waals surface area contributed by atoms with Crippen molar-refractivity contribution in [3.63, 3.8) is 0 Å². The molecule has 1 atom stereocenters. The van der Waals surface area contributed by atoms with Crippen molar-refractivity contribution in [2.75, 3.05) is 0 Å². The quantitative estimate of drug-likeness (QED) is 0.420. The smallest absolute Gasteiger partial charge is 0.185 e. The lowest BCUT2D eigenvalue weighted by Crippen LogP contribution is -2.12. The van der Waals surface area contributed by atoms with Crippen LogP contribution in [0.5, 0.6) is 0 Å². The second-order valence-electron chi connectivity index (χ2n) is 4.07. The maximum absolute atomic E-state index is 12.6. The largest absolute Gasteiger partial charge is 0.292 e. The number of carbonyl (C=O) groups excluding carboxylic acids is 1. The first kappa shape index (κ1) is 15.7. The topological polar surface area (TPSA) is 40.9 Å². The summed E-state index contributed by atoms with van der Waals surface area (Å²) in [6.45, 7) is 0.